The standard InChI is InChI=1S/C22H21BrN2O4.2ClH/c1-26-21-10-17(12-25-11-15-4-6-24-7-5-15)8-18(23)22(21)27-13-16-2-3-19-20(9-16)29-14-28-19;;/h2-10,25H,11-14H2,1H3;2*1H. The third-order valence-electron chi connectivity index (χ3n) is 4.52. The van der Waals surface area contributed by atoms with Crippen molar-refractivity contribution in [3.63, 3.8) is 0 Å². The van der Waals surface area contributed by atoms with E-state index in [1.165, 1.54) is 5.56 Å². The van der Waals surface area contributed by atoms with E-state index in [4.69, 9.17) is 18.9 Å². The Balaban J connectivity index is 0.00000171. The van der Waals surface area contributed by atoms with Crippen LogP contribution in [0, 0.1) is 0 Å². The van der Waals surface area contributed by atoms with Gasteiger partial charge < -0.3 is 24.3 Å². The Labute approximate surface area is 202 Å². The molecule has 0 amide bonds. The summed E-state index contributed by atoms with van der Waals surface area (Å²) in [4.78, 5) is 4.03. The van der Waals surface area contributed by atoms with Crippen LogP contribution in [0.15, 0.2) is 59.3 Å². The van der Waals surface area contributed by atoms with Gasteiger partial charge in [-0.25, -0.2) is 0 Å². The molecular weight excluding hydrogens is 507 g/mol. The number of methoxy groups -OCH3 is 1. The SMILES string of the molecule is COc1cc(CNCc2ccncc2)cc(Br)c1OCc1ccc2c(c1)OCO2.Cl.Cl. The summed E-state index contributed by atoms with van der Waals surface area (Å²) in [6.45, 7) is 2.13. The molecule has 0 unspecified atom stereocenters. The van der Waals surface area contributed by atoms with Gasteiger partial charge in [-0.2, -0.15) is 0 Å². The number of ether oxygens (including phenoxy) is 4. The molecule has 4 rings (SSSR count). The lowest BCUT2D eigenvalue weighted by atomic mass is 10.2. The van der Waals surface area contributed by atoms with Crippen molar-refractivity contribution < 1.29 is 18.9 Å². The van der Waals surface area contributed by atoms with Gasteiger partial charge in [-0.05, 0) is 69.0 Å². The molecule has 0 fully saturated rings. The van der Waals surface area contributed by atoms with Gasteiger partial charge in [-0.15, -0.1) is 24.8 Å². The Morgan fingerprint density at radius 2 is 1.68 bits per heavy atom. The minimum atomic E-state index is 0. The van der Waals surface area contributed by atoms with E-state index in [1.54, 1.807) is 19.5 Å². The number of halogens is 3. The fourth-order valence-electron chi connectivity index (χ4n) is 3.05. The highest BCUT2D eigenvalue weighted by Gasteiger charge is 2.15. The maximum absolute atomic E-state index is 6.04. The molecular formula is C22H23BrCl2N2O4. The number of pyridine rings is 1. The van der Waals surface area contributed by atoms with Crippen molar-refractivity contribution >= 4 is 40.7 Å². The largest absolute Gasteiger partial charge is 0.493 e. The molecule has 31 heavy (non-hydrogen) atoms. The first kappa shape index (κ1) is 25.1. The molecule has 166 valence electrons. The first-order valence-corrected chi connectivity index (χ1v) is 9.99. The van der Waals surface area contributed by atoms with E-state index in [-0.39, 0.29) is 31.6 Å². The second-order valence-electron chi connectivity index (χ2n) is 6.54. The minimum absolute atomic E-state index is 0. The Morgan fingerprint density at radius 3 is 2.45 bits per heavy atom. The van der Waals surface area contributed by atoms with E-state index >= 15 is 0 Å². The summed E-state index contributed by atoms with van der Waals surface area (Å²) in [6.07, 6.45) is 3.59. The number of hydrogen-bond acceptors (Lipinski definition) is 6. The van der Waals surface area contributed by atoms with Crippen molar-refractivity contribution in [2.75, 3.05) is 13.9 Å². The fourth-order valence-corrected chi connectivity index (χ4v) is 3.66. The van der Waals surface area contributed by atoms with Gasteiger partial charge >= 0.3 is 0 Å². The van der Waals surface area contributed by atoms with Crippen LogP contribution in [0.3, 0.4) is 0 Å². The first-order chi connectivity index (χ1) is 14.2. The van der Waals surface area contributed by atoms with Gasteiger partial charge in [0, 0.05) is 25.5 Å². The maximum Gasteiger partial charge on any atom is 0.231 e. The Hall–Kier alpha value is -2.19. The third kappa shape index (κ3) is 6.40. The minimum Gasteiger partial charge on any atom is -0.493 e. The lowest BCUT2D eigenvalue weighted by Gasteiger charge is -2.15. The van der Waals surface area contributed by atoms with Gasteiger partial charge in [0.2, 0.25) is 6.79 Å². The number of aromatic nitrogens is 1. The second-order valence-corrected chi connectivity index (χ2v) is 7.40. The van der Waals surface area contributed by atoms with E-state index in [0.29, 0.717) is 24.7 Å². The van der Waals surface area contributed by atoms with E-state index in [2.05, 4.69) is 26.2 Å². The zero-order valence-corrected chi connectivity index (χ0v) is 20.0. The van der Waals surface area contributed by atoms with Crippen LogP contribution in [0.5, 0.6) is 23.0 Å². The molecule has 6 nitrogen and oxygen atoms in total. The molecule has 9 heteroatoms. The molecule has 0 atom stereocenters. The molecule has 0 spiro atoms. The summed E-state index contributed by atoms with van der Waals surface area (Å²) >= 11 is 3.61. The quantitative estimate of drug-likeness (QED) is 0.427. The fraction of sp³-hybridized carbons (Fsp3) is 0.227. The second kappa shape index (κ2) is 12.0. The molecule has 0 aliphatic carbocycles. The lowest BCUT2D eigenvalue weighted by molar-refractivity contribution is 0.174. The third-order valence-corrected chi connectivity index (χ3v) is 5.11. The molecule has 1 aromatic heterocycles. The lowest BCUT2D eigenvalue weighted by Crippen LogP contribution is -2.13. The number of hydrogen-bond donors (Lipinski definition) is 1. The molecule has 0 bridgehead atoms. The maximum atomic E-state index is 6.04. The van der Waals surface area contributed by atoms with E-state index in [0.717, 1.165) is 33.6 Å². The summed E-state index contributed by atoms with van der Waals surface area (Å²) in [5.41, 5.74) is 3.28. The smallest absolute Gasteiger partial charge is 0.231 e. The topological polar surface area (TPSA) is 61.8 Å². The van der Waals surface area contributed by atoms with Crippen molar-refractivity contribution in [1.29, 1.82) is 0 Å². The van der Waals surface area contributed by atoms with Gasteiger partial charge in [0.25, 0.3) is 0 Å². The summed E-state index contributed by atoms with van der Waals surface area (Å²) in [5, 5.41) is 3.43. The number of nitrogens with one attached hydrogen (secondary N) is 1. The molecule has 1 aliphatic heterocycles. The Morgan fingerprint density at radius 1 is 0.935 bits per heavy atom. The van der Waals surface area contributed by atoms with Crippen LogP contribution in [-0.2, 0) is 19.7 Å². The molecule has 1 aliphatic rings. The molecule has 1 N–H and O–H groups in total. The normalized spacial score (nSPS) is 11.3. The first-order valence-electron chi connectivity index (χ1n) is 9.20. The highest BCUT2D eigenvalue weighted by molar-refractivity contribution is 9.10. The zero-order valence-electron chi connectivity index (χ0n) is 16.8. The van der Waals surface area contributed by atoms with E-state index < -0.39 is 0 Å². The number of nitrogens with zero attached hydrogens (tertiary/aromatic N) is 1. The van der Waals surface area contributed by atoms with Gasteiger partial charge in [0.15, 0.2) is 23.0 Å². The predicted molar refractivity (Wildman–Crippen MR) is 127 cm³/mol. The number of benzene rings is 2. The Bertz CT molecular complexity index is 993. The average molecular weight is 530 g/mol. The van der Waals surface area contributed by atoms with Gasteiger partial charge in [0.1, 0.15) is 6.61 Å². The van der Waals surface area contributed by atoms with Gasteiger partial charge in [-0.3, -0.25) is 4.98 Å². The summed E-state index contributed by atoms with van der Waals surface area (Å²) < 4.78 is 23.2. The van der Waals surface area contributed by atoms with E-state index in [1.807, 2.05) is 42.5 Å². The molecule has 3 aromatic rings. The van der Waals surface area contributed by atoms with Gasteiger partial charge in [-0.1, -0.05) is 6.07 Å². The number of fused-ring (bicyclic) bond motifs is 1. The van der Waals surface area contributed by atoms with Gasteiger partial charge in [0.05, 0.1) is 11.6 Å². The van der Waals surface area contributed by atoms with Crippen molar-refractivity contribution in [3.05, 3.63) is 76.0 Å². The van der Waals surface area contributed by atoms with Crippen LogP contribution in [0.25, 0.3) is 0 Å². The van der Waals surface area contributed by atoms with Crippen molar-refractivity contribution in [1.82, 2.24) is 10.3 Å². The Kier molecular flexibility index (Phi) is 9.71. The average Bonchev–Trinajstić information content (AvgIpc) is 3.21. The molecule has 0 saturated heterocycles. The summed E-state index contributed by atoms with van der Waals surface area (Å²) in [6, 6.07) is 13.8. The highest BCUT2D eigenvalue weighted by atomic mass is 79.9. The molecule has 2 heterocycles. The van der Waals surface area contributed by atoms with Crippen LogP contribution >= 0.6 is 40.7 Å². The summed E-state index contributed by atoms with van der Waals surface area (Å²) in [7, 11) is 1.64. The van der Waals surface area contributed by atoms with Crippen molar-refractivity contribution in [3.8, 4) is 23.0 Å². The monoisotopic (exact) mass is 528 g/mol. The number of rotatable bonds is 8. The van der Waals surface area contributed by atoms with Crippen LogP contribution in [-0.4, -0.2) is 18.9 Å². The van der Waals surface area contributed by atoms with Crippen LogP contribution < -0.4 is 24.3 Å². The van der Waals surface area contributed by atoms with Crippen LogP contribution in [0.1, 0.15) is 16.7 Å². The van der Waals surface area contributed by atoms with Crippen LogP contribution in [0.2, 0.25) is 0 Å². The van der Waals surface area contributed by atoms with Crippen molar-refractivity contribution in [2.24, 2.45) is 0 Å². The molecule has 0 saturated carbocycles. The summed E-state index contributed by atoms with van der Waals surface area (Å²) in [5.74, 6) is 2.85. The molecule has 0 radical (unpaired) electrons. The van der Waals surface area contributed by atoms with Crippen LogP contribution in [0.4, 0.5) is 0 Å². The predicted octanol–water partition coefficient (Wildman–Crippen LogP) is 5.29. The van der Waals surface area contributed by atoms with Crippen molar-refractivity contribution in [2.45, 2.75) is 19.7 Å². The highest BCUT2D eigenvalue weighted by Crippen LogP contribution is 2.38. The molecule has 2 aromatic carbocycles. The van der Waals surface area contributed by atoms with E-state index in [9.17, 15) is 0 Å². The zero-order chi connectivity index (χ0) is 20.1.